The molecule has 0 heterocycles. The highest BCUT2D eigenvalue weighted by atomic mass is 79.9. The molecule has 0 aliphatic carbocycles. The summed E-state index contributed by atoms with van der Waals surface area (Å²) in [7, 11) is 0. The van der Waals surface area contributed by atoms with Crippen molar-refractivity contribution in [2.24, 2.45) is 0 Å². The molecule has 0 fully saturated rings. The predicted molar refractivity (Wildman–Crippen MR) is 101 cm³/mol. The van der Waals surface area contributed by atoms with Crippen LogP contribution < -0.4 is 10.6 Å². The van der Waals surface area contributed by atoms with Crippen LogP contribution in [0, 0.1) is 0 Å². The van der Waals surface area contributed by atoms with Gasteiger partial charge < -0.3 is 10.1 Å². The standard InChI is InChI=1S/C19H21BrN2O3/c1-2-25-18(23)13-21-17(11-14-7-4-3-5-8-14)19(24)22-16-10-6-9-15(20)12-16/h3-10,12,17,21H,2,11,13H2,1H3,(H,22,24)/t17-/m0/s1. The number of anilines is 1. The molecule has 6 heteroatoms. The fourth-order valence-electron chi connectivity index (χ4n) is 2.32. The molecular formula is C19H21BrN2O3. The number of carbonyl (C=O) groups is 2. The second-order valence-corrected chi connectivity index (χ2v) is 6.34. The van der Waals surface area contributed by atoms with Gasteiger partial charge in [-0.2, -0.15) is 0 Å². The third kappa shape index (κ3) is 6.68. The van der Waals surface area contributed by atoms with Crippen LogP contribution in [0.2, 0.25) is 0 Å². The minimum atomic E-state index is -0.550. The van der Waals surface area contributed by atoms with Gasteiger partial charge in [0, 0.05) is 10.2 Å². The predicted octanol–water partition coefficient (Wildman–Crippen LogP) is 3.15. The molecule has 2 rings (SSSR count). The van der Waals surface area contributed by atoms with Crippen LogP contribution in [0.5, 0.6) is 0 Å². The first-order chi connectivity index (χ1) is 12.1. The smallest absolute Gasteiger partial charge is 0.319 e. The van der Waals surface area contributed by atoms with Crippen molar-refractivity contribution in [1.82, 2.24) is 5.32 Å². The van der Waals surface area contributed by atoms with Crippen molar-refractivity contribution in [2.75, 3.05) is 18.5 Å². The SMILES string of the molecule is CCOC(=O)CN[C@@H](Cc1ccccc1)C(=O)Nc1cccc(Br)c1. The second kappa shape index (κ2) is 9.96. The quantitative estimate of drug-likeness (QED) is 0.663. The summed E-state index contributed by atoms with van der Waals surface area (Å²) in [6, 6.07) is 16.5. The number of hydrogen-bond acceptors (Lipinski definition) is 4. The largest absolute Gasteiger partial charge is 0.465 e. The molecule has 132 valence electrons. The molecule has 25 heavy (non-hydrogen) atoms. The number of ether oxygens (including phenoxy) is 1. The van der Waals surface area contributed by atoms with E-state index in [1.54, 1.807) is 6.92 Å². The first-order valence-electron chi connectivity index (χ1n) is 8.08. The van der Waals surface area contributed by atoms with E-state index in [0.717, 1.165) is 10.0 Å². The summed E-state index contributed by atoms with van der Waals surface area (Å²) >= 11 is 3.38. The zero-order chi connectivity index (χ0) is 18.1. The maximum absolute atomic E-state index is 12.7. The molecule has 0 radical (unpaired) electrons. The summed E-state index contributed by atoms with van der Waals surface area (Å²) in [5.41, 5.74) is 1.70. The Hall–Kier alpha value is -2.18. The van der Waals surface area contributed by atoms with Crippen molar-refractivity contribution < 1.29 is 14.3 Å². The van der Waals surface area contributed by atoms with Crippen LogP contribution in [0.15, 0.2) is 59.1 Å². The summed E-state index contributed by atoms with van der Waals surface area (Å²) in [5.74, 6) is -0.581. The van der Waals surface area contributed by atoms with Gasteiger partial charge in [-0.05, 0) is 37.1 Å². The van der Waals surface area contributed by atoms with Gasteiger partial charge >= 0.3 is 5.97 Å². The molecule has 1 amide bonds. The molecule has 5 nitrogen and oxygen atoms in total. The highest BCUT2D eigenvalue weighted by molar-refractivity contribution is 9.10. The number of amides is 1. The average molecular weight is 405 g/mol. The number of benzene rings is 2. The molecule has 0 bridgehead atoms. The van der Waals surface area contributed by atoms with Crippen LogP contribution in [0.1, 0.15) is 12.5 Å². The molecule has 0 saturated heterocycles. The van der Waals surface area contributed by atoms with Crippen LogP contribution in [0.25, 0.3) is 0 Å². The molecule has 0 unspecified atom stereocenters. The number of carbonyl (C=O) groups excluding carboxylic acids is 2. The van der Waals surface area contributed by atoms with E-state index >= 15 is 0 Å². The topological polar surface area (TPSA) is 67.4 Å². The lowest BCUT2D eigenvalue weighted by atomic mass is 10.1. The second-order valence-electron chi connectivity index (χ2n) is 5.43. The molecule has 0 saturated carbocycles. The van der Waals surface area contributed by atoms with Crippen LogP contribution in [-0.2, 0) is 20.7 Å². The Labute approximate surface area is 155 Å². The summed E-state index contributed by atoms with van der Waals surface area (Å²) in [6.07, 6.45) is 0.472. The summed E-state index contributed by atoms with van der Waals surface area (Å²) in [5, 5.41) is 5.86. The van der Waals surface area contributed by atoms with Crippen LogP contribution in [-0.4, -0.2) is 31.1 Å². The van der Waals surface area contributed by atoms with E-state index in [0.29, 0.717) is 18.7 Å². The molecular weight excluding hydrogens is 384 g/mol. The molecule has 0 aliphatic rings. The van der Waals surface area contributed by atoms with Gasteiger partial charge in [-0.3, -0.25) is 14.9 Å². The van der Waals surface area contributed by atoms with Gasteiger partial charge in [0.05, 0.1) is 19.2 Å². The lowest BCUT2D eigenvalue weighted by Gasteiger charge is -2.18. The monoisotopic (exact) mass is 404 g/mol. The van der Waals surface area contributed by atoms with Crippen LogP contribution in [0.3, 0.4) is 0 Å². The number of esters is 1. The van der Waals surface area contributed by atoms with Crippen LogP contribution >= 0.6 is 15.9 Å². The average Bonchev–Trinajstić information content (AvgIpc) is 2.59. The lowest BCUT2D eigenvalue weighted by molar-refractivity contribution is -0.142. The Balaban J connectivity index is 2.06. The summed E-state index contributed by atoms with van der Waals surface area (Å²) < 4.78 is 5.80. The van der Waals surface area contributed by atoms with E-state index < -0.39 is 6.04 Å². The fourth-order valence-corrected chi connectivity index (χ4v) is 2.72. The van der Waals surface area contributed by atoms with Crippen molar-refractivity contribution in [3.05, 3.63) is 64.6 Å². The number of hydrogen-bond donors (Lipinski definition) is 2. The van der Waals surface area contributed by atoms with Crippen molar-refractivity contribution in [3.63, 3.8) is 0 Å². The Bertz CT molecular complexity index is 707. The minimum absolute atomic E-state index is 0.0166. The molecule has 2 aromatic rings. The highest BCUT2D eigenvalue weighted by Crippen LogP contribution is 2.16. The van der Waals surface area contributed by atoms with Crippen molar-refractivity contribution in [2.45, 2.75) is 19.4 Å². The van der Waals surface area contributed by atoms with Crippen molar-refractivity contribution in [1.29, 1.82) is 0 Å². The van der Waals surface area contributed by atoms with Gasteiger partial charge in [-0.25, -0.2) is 0 Å². The van der Waals surface area contributed by atoms with E-state index in [1.807, 2.05) is 54.6 Å². The normalized spacial score (nSPS) is 11.6. The third-order valence-electron chi connectivity index (χ3n) is 3.49. The Kier molecular flexibility index (Phi) is 7.63. The fraction of sp³-hybridized carbons (Fsp3) is 0.263. The van der Waals surface area contributed by atoms with Gasteiger partial charge in [0.25, 0.3) is 0 Å². The van der Waals surface area contributed by atoms with E-state index in [1.165, 1.54) is 0 Å². The van der Waals surface area contributed by atoms with Gasteiger partial charge in [0.2, 0.25) is 5.91 Å². The Morgan fingerprint density at radius 1 is 1.12 bits per heavy atom. The van der Waals surface area contributed by atoms with E-state index in [-0.39, 0.29) is 18.4 Å². The van der Waals surface area contributed by atoms with Gasteiger partial charge in [0.1, 0.15) is 0 Å². The van der Waals surface area contributed by atoms with Crippen LogP contribution in [0.4, 0.5) is 5.69 Å². The zero-order valence-corrected chi connectivity index (χ0v) is 15.6. The highest BCUT2D eigenvalue weighted by Gasteiger charge is 2.20. The van der Waals surface area contributed by atoms with Crippen molar-refractivity contribution in [3.8, 4) is 0 Å². The molecule has 2 N–H and O–H groups in total. The molecule has 0 aromatic heterocycles. The third-order valence-corrected chi connectivity index (χ3v) is 3.98. The van der Waals surface area contributed by atoms with E-state index in [9.17, 15) is 9.59 Å². The Morgan fingerprint density at radius 2 is 1.88 bits per heavy atom. The summed E-state index contributed by atoms with van der Waals surface area (Å²) in [4.78, 5) is 24.3. The van der Waals surface area contributed by atoms with Crippen molar-refractivity contribution >= 4 is 33.5 Å². The molecule has 0 aliphatic heterocycles. The number of nitrogens with one attached hydrogen (secondary N) is 2. The zero-order valence-electron chi connectivity index (χ0n) is 14.0. The maximum Gasteiger partial charge on any atom is 0.319 e. The van der Waals surface area contributed by atoms with E-state index in [2.05, 4.69) is 26.6 Å². The van der Waals surface area contributed by atoms with Gasteiger partial charge in [-0.1, -0.05) is 52.3 Å². The molecule has 2 aromatic carbocycles. The molecule has 1 atom stereocenters. The van der Waals surface area contributed by atoms with E-state index in [4.69, 9.17) is 4.74 Å². The van der Waals surface area contributed by atoms with Gasteiger partial charge in [-0.15, -0.1) is 0 Å². The minimum Gasteiger partial charge on any atom is -0.465 e. The molecule has 0 spiro atoms. The number of rotatable bonds is 8. The van der Waals surface area contributed by atoms with Gasteiger partial charge in [0.15, 0.2) is 0 Å². The Morgan fingerprint density at radius 3 is 2.56 bits per heavy atom. The first kappa shape index (κ1) is 19.1. The summed E-state index contributed by atoms with van der Waals surface area (Å²) in [6.45, 7) is 2.05. The first-order valence-corrected chi connectivity index (χ1v) is 8.87. The maximum atomic E-state index is 12.7. The number of halogens is 1. The lowest BCUT2D eigenvalue weighted by Crippen LogP contribution is -2.44.